The zero-order chi connectivity index (χ0) is 22.1. The van der Waals surface area contributed by atoms with Crippen molar-refractivity contribution in [2.75, 3.05) is 12.4 Å². The van der Waals surface area contributed by atoms with Crippen LogP contribution in [0.5, 0.6) is 0 Å². The number of rotatable bonds is 6. The molecule has 0 bridgehead atoms. The molecule has 0 atom stereocenters. The summed E-state index contributed by atoms with van der Waals surface area (Å²) in [6, 6.07) is 4.00. The Balaban J connectivity index is 0. The fourth-order valence-corrected chi connectivity index (χ4v) is 2.47. The fraction of sp³-hybridized carbons (Fsp3) is 0.263. The van der Waals surface area contributed by atoms with Crippen molar-refractivity contribution in [3.63, 3.8) is 0 Å². The number of thiazole rings is 1. The van der Waals surface area contributed by atoms with Gasteiger partial charge in [0, 0.05) is 31.7 Å². The first kappa shape index (κ1) is 30.0. The van der Waals surface area contributed by atoms with Crippen LogP contribution in [0.25, 0.3) is 16.3 Å². The van der Waals surface area contributed by atoms with Gasteiger partial charge in [-0.3, -0.25) is 9.89 Å². The predicted octanol–water partition coefficient (Wildman–Crippen LogP) is 3.52. The minimum absolute atomic E-state index is 0. The Labute approximate surface area is 196 Å². The maximum atomic E-state index is 9.50. The number of carbonyl (C=O) groups is 1. The number of anilines is 2. The molecule has 3 aromatic heterocycles. The number of carbonyl (C=O) groups excluding carboxylic acids is 1. The molecule has 0 spiro atoms. The zero-order valence-electron chi connectivity index (χ0n) is 17.5. The molecule has 0 saturated carbocycles. The summed E-state index contributed by atoms with van der Waals surface area (Å²) in [6.07, 6.45) is 5.62. The van der Waals surface area contributed by atoms with Crippen LogP contribution >= 0.6 is 11.3 Å². The van der Waals surface area contributed by atoms with E-state index in [0.29, 0.717) is 12.2 Å². The van der Waals surface area contributed by atoms with Gasteiger partial charge in [0.2, 0.25) is 6.41 Å². The van der Waals surface area contributed by atoms with Crippen molar-refractivity contribution in [1.29, 1.82) is 0 Å². The number of aromatic nitrogens is 4. The Kier molecular flexibility index (Phi) is 18.7. The second kappa shape index (κ2) is 18.8. The summed E-state index contributed by atoms with van der Waals surface area (Å²) in [5, 5.41) is 19.7. The number of hydrogen-bond acceptors (Lipinski definition) is 8. The Morgan fingerprint density at radius 1 is 1.30 bits per heavy atom. The van der Waals surface area contributed by atoms with E-state index in [1.165, 1.54) is 17.6 Å². The van der Waals surface area contributed by atoms with Gasteiger partial charge in [-0.15, -0.1) is 11.3 Å². The monoisotopic (exact) mass is 513 g/mol. The maximum Gasteiger partial charge on any atom is 2.00 e. The number of nitrogens with one attached hydrogen (secondary N) is 3. The number of aliphatic hydroxyl groups excluding tert-OH is 1. The SMILES string of the molecule is CC(C)NC=O.CO.[CH2-]C.[CH2-]OC=Cc1cc(Nc2nccc3ncsc23)n[nH]1.[Nb+2]. The summed E-state index contributed by atoms with van der Waals surface area (Å²) in [7, 11) is 4.25. The van der Waals surface area contributed by atoms with Crippen LogP contribution in [0.4, 0.5) is 11.6 Å². The first-order chi connectivity index (χ1) is 14.1. The molecule has 163 valence electrons. The first-order valence-corrected chi connectivity index (χ1v) is 9.45. The van der Waals surface area contributed by atoms with Gasteiger partial charge in [0.25, 0.3) is 0 Å². The van der Waals surface area contributed by atoms with E-state index in [0.717, 1.165) is 28.8 Å². The van der Waals surface area contributed by atoms with E-state index in [9.17, 15) is 4.79 Å². The number of H-pyrrole nitrogens is 1. The van der Waals surface area contributed by atoms with Crippen LogP contribution in [0.15, 0.2) is 30.1 Å². The van der Waals surface area contributed by atoms with E-state index in [4.69, 9.17) is 5.11 Å². The zero-order valence-corrected chi connectivity index (χ0v) is 20.5. The smallest absolute Gasteiger partial charge is 0.670 e. The summed E-state index contributed by atoms with van der Waals surface area (Å²) in [5.41, 5.74) is 3.52. The summed E-state index contributed by atoms with van der Waals surface area (Å²) < 4.78 is 5.61. The Morgan fingerprint density at radius 3 is 2.57 bits per heavy atom. The standard InChI is InChI=1S/C12H10N5OS.C4H9NO.C2H5.CH4O.Nb/c1-18-5-3-8-6-10(17-16-8)15-12-11-9(2-4-13-12)14-7-19-11;1-4(2)5-3-6;2*1-2;/h2-7H,1H2,(H2,13,15,16,17);3-4H,1-2H3,(H,5,6);1H2,2H3;2H,1H3;/q-1;;-1;;+2. The van der Waals surface area contributed by atoms with Gasteiger partial charge in [0.15, 0.2) is 11.6 Å². The van der Waals surface area contributed by atoms with Gasteiger partial charge in [-0.05, 0) is 26.0 Å². The van der Waals surface area contributed by atoms with E-state index < -0.39 is 0 Å². The van der Waals surface area contributed by atoms with E-state index in [1.54, 1.807) is 24.7 Å². The molecule has 11 heteroatoms. The molecule has 0 aliphatic carbocycles. The number of hydrogen-bond donors (Lipinski definition) is 4. The van der Waals surface area contributed by atoms with E-state index in [-0.39, 0.29) is 28.4 Å². The molecule has 0 unspecified atom stereocenters. The number of pyridine rings is 1. The molecule has 3 rings (SSSR count). The summed E-state index contributed by atoms with van der Waals surface area (Å²) in [6.45, 7) is 8.82. The fourth-order valence-electron chi connectivity index (χ4n) is 1.75. The van der Waals surface area contributed by atoms with Gasteiger partial charge < -0.3 is 27.4 Å². The molecule has 0 aliphatic rings. The van der Waals surface area contributed by atoms with Gasteiger partial charge in [-0.2, -0.15) is 19.1 Å². The average molecular weight is 513 g/mol. The molecule has 0 aliphatic heterocycles. The number of ether oxygens (including phenoxy) is 1. The third-order valence-corrected chi connectivity index (χ3v) is 3.68. The van der Waals surface area contributed by atoms with E-state index in [1.807, 2.05) is 26.0 Å². The Bertz CT molecular complexity index is 838. The topological polar surface area (TPSA) is 125 Å². The van der Waals surface area contributed by atoms with Crippen LogP contribution in [-0.4, -0.2) is 44.8 Å². The Morgan fingerprint density at radius 2 is 2.00 bits per heavy atom. The molecule has 9 nitrogen and oxygen atoms in total. The van der Waals surface area contributed by atoms with Gasteiger partial charge in [-0.25, -0.2) is 9.97 Å². The molecule has 3 aromatic rings. The normalized spacial score (nSPS) is 9.20. The summed E-state index contributed by atoms with van der Waals surface area (Å²) >= 11 is 1.54. The van der Waals surface area contributed by atoms with Crippen LogP contribution in [0.1, 0.15) is 26.5 Å². The van der Waals surface area contributed by atoms with Crippen LogP contribution < -0.4 is 10.6 Å². The van der Waals surface area contributed by atoms with Crippen molar-refractivity contribution in [2.45, 2.75) is 26.8 Å². The minimum Gasteiger partial charge on any atom is -0.670 e. The third kappa shape index (κ3) is 11.1. The van der Waals surface area contributed by atoms with Crippen molar-refractivity contribution >= 4 is 45.7 Å². The van der Waals surface area contributed by atoms with Gasteiger partial charge in [0.1, 0.15) is 0 Å². The largest absolute Gasteiger partial charge is 2.00 e. The van der Waals surface area contributed by atoms with Gasteiger partial charge in [-0.1, -0.05) is 0 Å². The van der Waals surface area contributed by atoms with E-state index in [2.05, 4.69) is 49.6 Å². The quantitative estimate of drug-likeness (QED) is 0.172. The van der Waals surface area contributed by atoms with E-state index >= 15 is 0 Å². The first-order valence-electron chi connectivity index (χ1n) is 8.57. The van der Waals surface area contributed by atoms with Crippen molar-refractivity contribution in [3.05, 3.63) is 49.8 Å². The molecule has 4 N–H and O–H groups in total. The molecular weight excluding hydrogens is 485 g/mol. The average Bonchev–Trinajstić information content (AvgIpc) is 3.40. The van der Waals surface area contributed by atoms with Crippen LogP contribution in [0.2, 0.25) is 0 Å². The molecule has 1 radical (unpaired) electrons. The molecule has 1 amide bonds. The van der Waals surface area contributed by atoms with Crippen LogP contribution in [-0.2, 0) is 31.9 Å². The van der Waals surface area contributed by atoms with Crippen LogP contribution in [0, 0.1) is 14.0 Å². The molecule has 30 heavy (non-hydrogen) atoms. The number of fused-ring (bicyclic) bond motifs is 1. The third-order valence-electron chi connectivity index (χ3n) is 2.84. The Hall–Kier alpha value is -2.24. The maximum absolute atomic E-state index is 9.50. The number of nitrogens with zero attached hydrogens (tertiary/aromatic N) is 3. The minimum atomic E-state index is 0. The molecule has 0 aromatic carbocycles. The van der Waals surface area contributed by atoms with Gasteiger partial charge >= 0.3 is 22.4 Å². The summed E-state index contributed by atoms with van der Waals surface area (Å²) in [5.74, 6) is 1.42. The molecular formula is C19H28N6NbO3S. The number of amides is 1. The van der Waals surface area contributed by atoms with Crippen molar-refractivity contribution in [1.82, 2.24) is 25.5 Å². The number of aliphatic hydroxyl groups is 1. The number of aromatic amines is 1. The second-order valence-corrected chi connectivity index (χ2v) is 5.96. The van der Waals surface area contributed by atoms with Crippen molar-refractivity contribution in [3.8, 4) is 0 Å². The molecule has 0 saturated heterocycles. The van der Waals surface area contributed by atoms with Crippen molar-refractivity contribution in [2.24, 2.45) is 0 Å². The van der Waals surface area contributed by atoms with Gasteiger partial charge in [0.05, 0.1) is 21.4 Å². The second-order valence-electron chi connectivity index (χ2n) is 5.10. The van der Waals surface area contributed by atoms with Crippen molar-refractivity contribution < 1.29 is 37.0 Å². The molecule has 0 fully saturated rings. The predicted molar refractivity (Wildman–Crippen MR) is 118 cm³/mol. The summed E-state index contributed by atoms with van der Waals surface area (Å²) in [4.78, 5) is 18.0. The van der Waals surface area contributed by atoms with Crippen LogP contribution in [0.3, 0.4) is 0 Å². The molecule has 3 heterocycles.